The van der Waals surface area contributed by atoms with Gasteiger partial charge in [-0.25, -0.2) is 4.39 Å². The van der Waals surface area contributed by atoms with E-state index in [1.165, 1.54) is 13.0 Å². The number of carbonyl (C=O) groups is 3. The molecule has 1 saturated heterocycles. The van der Waals surface area contributed by atoms with Crippen LogP contribution in [0.25, 0.3) is 0 Å². The fourth-order valence-electron chi connectivity index (χ4n) is 4.56. The number of hydrogen-bond acceptors (Lipinski definition) is 5. The number of anilines is 1. The lowest BCUT2D eigenvalue weighted by atomic mass is 9.76. The van der Waals surface area contributed by atoms with Gasteiger partial charge in [0.2, 0.25) is 0 Å². The van der Waals surface area contributed by atoms with Crippen molar-refractivity contribution < 1.29 is 23.2 Å². The molecule has 164 valence electrons. The maximum Gasteiger partial charge on any atom is 0.289 e. The van der Waals surface area contributed by atoms with E-state index in [1.54, 1.807) is 24.0 Å². The molecule has 0 N–H and O–H groups in total. The smallest absolute Gasteiger partial charge is 0.289 e. The Bertz CT molecular complexity index is 1080. The van der Waals surface area contributed by atoms with E-state index in [0.29, 0.717) is 67.2 Å². The zero-order chi connectivity index (χ0) is 22.5. The van der Waals surface area contributed by atoms with E-state index in [9.17, 15) is 18.8 Å². The molecule has 1 aliphatic heterocycles. The molecule has 6 nitrogen and oxygen atoms in total. The van der Waals surface area contributed by atoms with Gasteiger partial charge < -0.3 is 14.2 Å². The van der Waals surface area contributed by atoms with Crippen molar-refractivity contribution in [2.24, 2.45) is 5.41 Å². The van der Waals surface area contributed by atoms with Gasteiger partial charge in [0.05, 0.1) is 11.3 Å². The molecule has 1 aromatic heterocycles. The molecular formula is C24H27FN2O4. The Balaban J connectivity index is 1.48. The molecule has 1 fully saturated rings. The van der Waals surface area contributed by atoms with Gasteiger partial charge in [0.25, 0.3) is 5.91 Å². The largest absolute Gasteiger partial charge is 0.455 e. The van der Waals surface area contributed by atoms with Crippen LogP contribution in [0, 0.1) is 18.2 Å². The van der Waals surface area contributed by atoms with E-state index in [2.05, 4.69) is 0 Å². The van der Waals surface area contributed by atoms with Gasteiger partial charge in [0.1, 0.15) is 11.6 Å². The third-order valence-corrected chi connectivity index (χ3v) is 6.23. The third-order valence-electron chi connectivity index (χ3n) is 6.23. The van der Waals surface area contributed by atoms with Gasteiger partial charge >= 0.3 is 0 Å². The molecule has 0 unspecified atom stereocenters. The molecule has 0 atom stereocenters. The predicted octanol–water partition coefficient (Wildman–Crippen LogP) is 4.05. The second kappa shape index (κ2) is 7.62. The van der Waals surface area contributed by atoms with Gasteiger partial charge in [-0.1, -0.05) is 13.8 Å². The molecule has 2 aromatic rings. The number of fused-ring (bicyclic) bond motifs is 1. The zero-order valence-electron chi connectivity index (χ0n) is 18.4. The van der Waals surface area contributed by atoms with Crippen LogP contribution in [0.4, 0.5) is 10.1 Å². The average molecular weight is 426 g/mol. The minimum Gasteiger partial charge on any atom is -0.455 e. The minimum atomic E-state index is -0.442. The van der Waals surface area contributed by atoms with Gasteiger partial charge in [-0.2, -0.15) is 0 Å². The molecule has 1 aromatic carbocycles. The second-order valence-electron chi connectivity index (χ2n) is 9.30. The number of hydrogen-bond donors (Lipinski definition) is 0. The van der Waals surface area contributed by atoms with Crippen LogP contribution in [0.5, 0.6) is 0 Å². The third kappa shape index (κ3) is 3.89. The maximum absolute atomic E-state index is 14.5. The first-order valence-electron chi connectivity index (χ1n) is 10.6. The number of Topliss-reactive ketones (excluding diaryl/α,β-unsaturated/α-hetero) is 2. The summed E-state index contributed by atoms with van der Waals surface area (Å²) in [5.74, 6) is 0.0164. The van der Waals surface area contributed by atoms with Gasteiger partial charge in [-0.15, -0.1) is 0 Å². The Morgan fingerprint density at radius 1 is 1.10 bits per heavy atom. The zero-order valence-corrected chi connectivity index (χ0v) is 18.4. The van der Waals surface area contributed by atoms with Crippen molar-refractivity contribution >= 4 is 23.2 Å². The van der Waals surface area contributed by atoms with E-state index in [-0.39, 0.29) is 28.6 Å². The monoisotopic (exact) mass is 426 g/mol. The minimum absolute atomic E-state index is 0.0286. The maximum atomic E-state index is 14.5. The number of halogens is 1. The highest BCUT2D eigenvalue weighted by atomic mass is 19.1. The molecule has 0 radical (unpaired) electrons. The molecule has 7 heteroatoms. The van der Waals surface area contributed by atoms with Gasteiger partial charge in [0, 0.05) is 50.1 Å². The summed E-state index contributed by atoms with van der Waals surface area (Å²) in [6.45, 7) is 8.98. The van der Waals surface area contributed by atoms with Gasteiger partial charge in [-0.3, -0.25) is 14.4 Å². The molecule has 0 bridgehead atoms. The highest BCUT2D eigenvalue weighted by Crippen LogP contribution is 2.38. The molecule has 31 heavy (non-hydrogen) atoms. The van der Waals surface area contributed by atoms with Crippen molar-refractivity contribution in [3.8, 4) is 0 Å². The summed E-state index contributed by atoms with van der Waals surface area (Å²) in [7, 11) is 0. The summed E-state index contributed by atoms with van der Waals surface area (Å²) >= 11 is 0. The lowest BCUT2D eigenvalue weighted by molar-refractivity contribution is 0.0708. The number of rotatable bonds is 3. The van der Waals surface area contributed by atoms with E-state index in [4.69, 9.17) is 4.42 Å². The Kier molecular flexibility index (Phi) is 5.23. The summed E-state index contributed by atoms with van der Waals surface area (Å²) < 4.78 is 20.4. The molecule has 2 heterocycles. The first kappa shape index (κ1) is 21.3. The molecule has 2 aliphatic rings. The first-order chi connectivity index (χ1) is 14.6. The number of amides is 1. The SMILES string of the molecule is CC(=O)c1ccc(N2CCN(C(=O)c3oc4c(c3C)C(=O)CC(C)(C)C4)CC2)c(F)c1. The summed E-state index contributed by atoms with van der Waals surface area (Å²) in [4.78, 5) is 40.7. The quantitative estimate of drug-likeness (QED) is 0.693. The predicted molar refractivity (Wildman–Crippen MR) is 114 cm³/mol. The Labute approximate surface area is 181 Å². The van der Waals surface area contributed by atoms with E-state index >= 15 is 0 Å². The van der Waals surface area contributed by atoms with E-state index in [0.717, 1.165) is 0 Å². The van der Waals surface area contributed by atoms with Gasteiger partial charge in [-0.05, 0) is 37.5 Å². The summed E-state index contributed by atoms with van der Waals surface area (Å²) in [5.41, 5.74) is 1.77. The summed E-state index contributed by atoms with van der Waals surface area (Å²) in [6, 6.07) is 4.49. The van der Waals surface area contributed by atoms with Crippen LogP contribution in [0.15, 0.2) is 22.6 Å². The second-order valence-corrected chi connectivity index (χ2v) is 9.30. The summed E-state index contributed by atoms with van der Waals surface area (Å²) in [6.07, 6.45) is 1.08. The van der Waals surface area contributed by atoms with Crippen molar-refractivity contribution in [2.45, 2.75) is 40.5 Å². The lowest BCUT2D eigenvalue weighted by Gasteiger charge is -2.36. The molecule has 4 rings (SSSR count). The van der Waals surface area contributed by atoms with Crippen molar-refractivity contribution in [3.05, 3.63) is 52.2 Å². The number of nitrogens with zero attached hydrogens (tertiary/aromatic N) is 2. The van der Waals surface area contributed by atoms with Crippen LogP contribution in [-0.4, -0.2) is 48.6 Å². The van der Waals surface area contributed by atoms with Crippen LogP contribution in [0.1, 0.15) is 69.8 Å². The summed E-state index contributed by atoms with van der Waals surface area (Å²) in [5, 5.41) is 0. The fourth-order valence-corrected chi connectivity index (χ4v) is 4.56. The number of piperazine rings is 1. The average Bonchev–Trinajstić information content (AvgIpc) is 3.02. The van der Waals surface area contributed by atoms with Gasteiger partial charge in [0.15, 0.2) is 17.3 Å². The molecule has 1 aliphatic carbocycles. The standard InChI is InChI=1S/C24H27FN2O4/c1-14-21-19(29)12-24(3,4)13-20(21)31-22(14)23(30)27-9-7-26(8-10-27)18-6-5-16(15(2)28)11-17(18)25/h5-6,11H,7-10,12-13H2,1-4H3. The van der Waals surface area contributed by atoms with Crippen molar-refractivity contribution in [2.75, 3.05) is 31.1 Å². The Morgan fingerprint density at radius 2 is 1.77 bits per heavy atom. The number of furan rings is 1. The lowest BCUT2D eigenvalue weighted by Crippen LogP contribution is -2.49. The number of benzene rings is 1. The van der Waals surface area contributed by atoms with E-state index in [1.807, 2.05) is 18.7 Å². The van der Waals surface area contributed by atoms with Crippen LogP contribution in [0.2, 0.25) is 0 Å². The Hall–Kier alpha value is -2.96. The molecule has 1 amide bonds. The van der Waals surface area contributed by atoms with Crippen LogP contribution < -0.4 is 4.90 Å². The normalized spacial score (nSPS) is 18.2. The molecule has 0 saturated carbocycles. The number of carbonyl (C=O) groups excluding carboxylic acids is 3. The number of ketones is 2. The van der Waals surface area contributed by atoms with Crippen molar-refractivity contribution in [1.29, 1.82) is 0 Å². The van der Waals surface area contributed by atoms with E-state index < -0.39 is 5.82 Å². The van der Waals surface area contributed by atoms with Crippen molar-refractivity contribution in [3.63, 3.8) is 0 Å². The topological polar surface area (TPSA) is 70.8 Å². The molecule has 0 spiro atoms. The highest BCUT2D eigenvalue weighted by molar-refractivity contribution is 6.03. The molecular weight excluding hydrogens is 399 g/mol. The van der Waals surface area contributed by atoms with Crippen LogP contribution >= 0.6 is 0 Å². The van der Waals surface area contributed by atoms with Crippen LogP contribution in [0.3, 0.4) is 0 Å². The van der Waals surface area contributed by atoms with Crippen LogP contribution in [-0.2, 0) is 6.42 Å². The van der Waals surface area contributed by atoms with Crippen molar-refractivity contribution in [1.82, 2.24) is 4.90 Å². The Morgan fingerprint density at radius 3 is 2.39 bits per heavy atom. The first-order valence-corrected chi connectivity index (χ1v) is 10.6. The fraction of sp³-hybridized carbons (Fsp3) is 0.458. The highest BCUT2D eigenvalue weighted by Gasteiger charge is 2.38.